The van der Waals surface area contributed by atoms with Gasteiger partial charge < -0.3 is 9.47 Å². The summed E-state index contributed by atoms with van der Waals surface area (Å²) in [6.45, 7) is 7.78. The summed E-state index contributed by atoms with van der Waals surface area (Å²) >= 11 is 0. The van der Waals surface area contributed by atoms with E-state index in [1.165, 1.54) is 12.0 Å². The zero-order valence-electron chi connectivity index (χ0n) is 15.5. The molecule has 0 bridgehead atoms. The maximum atomic E-state index is 13.0. The van der Waals surface area contributed by atoms with Gasteiger partial charge in [0, 0.05) is 42.8 Å². The molecule has 136 valence electrons. The predicted octanol–water partition coefficient (Wildman–Crippen LogP) is 2.47. The Morgan fingerprint density at radius 2 is 2.15 bits per heavy atom. The molecule has 7 nitrogen and oxygen atoms in total. The van der Waals surface area contributed by atoms with Crippen molar-refractivity contribution >= 4 is 11.7 Å². The third-order valence-electron chi connectivity index (χ3n) is 5.45. The number of fused-ring (bicyclic) bond motifs is 2. The normalized spacial score (nSPS) is 16.9. The van der Waals surface area contributed by atoms with Crippen molar-refractivity contribution in [1.29, 1.82) is 0 Å². The minimum atomic E-state index is 0.171. The molecule has 0 saturated carbocycles. The van der Waals surface area contributed by atoms with E-state index in [9.17, 15) is 4.79 Å². The molecule has 1 atom stereocenters. The van der Waals surface area contributed by atoms with Crippen LogP contribution in [0.15, 0.2) is 24.7 Å². The zero-order valence-corrected chi connectivity index (χ0v) is 15.5. The van der Waals surface area contributed by atoms with Crippen molar-refractivity contribution in [2.75, 3.05) is 6.54 Å². The van der Waals surface area contributed by atoms with Crippen molar-refractivity contribution in [3.05, 3.63) is 47.3 Å². The summed E-state index contributed by atoms with van der Waals surface area (Å²) in [5.74, 6) is 0.819. The summed E-state index contributed by atoms with van der Waals surface area (Å²) in [6, 6.07) is 4.37. The van der Waals surface area contributed by atoms with Gasteiger partial charge in [0.05, 0.1) is 6.04 Å². The third kappa shape index (κ3) is 2.67. The Balaban J connectivity index is 1.53. The van der Waals surface area contributed by atoms with E-state index in [1.807, 2.05) is 18.7 Å². The molecule has 4 rings (SSSR count). The number of aromatic nitrogens is 5. The van der Waals surface area contributed by atoms with Gasteiger partial charge in [-0.25, -0.2) is 9.50 Å². The van der Waals surface area contributed by atoms with E-state index in [1.54, 1.807) is 4.52 Å². The molecule has 0 N–H and O–H groups in total. The Hall–Kier alpha value is -2.70. The number of aryl methyl sites for hydroxylation is 2. The van der Waals surface area contributed by atoms with Crippen molar-refractivity contribution in [3.63, 3.8) is 0 Å². The van der Waals surface area contributed by atoms with Gasteiger partial charge in [0.25, 0.3) is 5.78 Å². The Bertz CT molecular complexity index is 956. The maximum Gasteiger partial charge on any atom is 0.252 e. The molecule has 7 heteroatoms. The highest BCUT2D eigenvalue weighted by molar-refractivity contribution is 5.77. The second-order valence-corrected chi connectivity index (χ2v) is 6.87. The number of carbonyl (C=O) groups excluding carboxylic acids is 1. The van der Waals surface area contributed by atoms with Crippen molar-refractivity contribution < 1.29 is 4.79 Å². The molecule has 1 amide bonds. The van der Waals surface area contributed by atoms with E-state index in [4.69, 9.17) is 0 Å². The summed E-state index contributed by atoms with van der Waals surface area (Å²) < 4.78 is 4.00. The van der Waals surface area contributed by atoms with Crippen LogP contribution < -0.4 is 0 Å². The van der Waals surface area contributed by atoms with Crippen LogP contribution >= 0.6 is 0 Å². The van der Waals surface area contributed by atoms with Gasteiger partial charge in [0.2, 0.25) is 5.91 Å². The highest BCUT2D eigenvalue weighted by atomic mass is 16.2. The van der Waals surface area contributed by atoms with Crippen LogP contribution in [-0.4, -0.2) is 41.5 Å². The molecule has 1 aliphatic heterocycles. The van der Waals surface area contributed by atoms with E-state index in [2.05, 4.69) is 44.9 Å². The monoisotopic (exact) mass is 352 g/mol. The highest BCUT2D eigenvalue weighted by Crippen LogP contribution is 2.29. The van der Waals surface area contributed by atoms with Gasteiger partial charge in [-0.05, 0) is 44.4 Å². The molecule has 3 aromatic heterocycles. The average molecular weight is 352 g/mol. The van der Waals surface area contributed by atoms with Crippen LogP contribution in [0.25, 0.3) is 5.78 Å². The Kier molecular flexibility index (Phi) is 4.22. The number of hydrogen-bond donors (Lipinski definition) is 0. The molecule has 0 unspecified atom stereocenters. The summed E-state index contributed by atoms with van der Waals surface area (Å²) in [5.41, 5.74) is 4.27. The lowest BCUT2D eigenvalue weighted by atomic mass is 10.0. The fourth-order valence-corrected chi connectivity index (χ4v) is 4.09. The molecule has 0 saturated heterocycles. The van der Waals surface area contributed by atoms with Gasteiger partial charge in [-0.2, -0.15) is 10.1 Å². The maximum absolute atomic E-state index is 13.0. The van der Waals surface area contributed by atoms with Gasteiger partial charge >= 0.3 is 0 Å². The lowest BCUT2D eigenvalue weighted by Gasteiger charge is -2.36. The first-order chi connectivity index (χ1) is 12.6. The summed E-state index contributed by atoms with van der Waals surface area (Å²) in [7, 11) is 0. The second kappa shape index (κ2) is 6.55. The summed E-state index contributed by atoms with van der Waals surface area (Å²) in [4.78, 5) is 23.7. The molecule has 0 aromatic carbocycles. The molecule has 0 radical (unpaired) electrons. The van der Waals surface area contributed by atoms with Crippen LogP contribution in [0.4, 0.5) is 0 Å². The molecule has 0 aliphatic carbocycles. The lowest BCUT2D eigenvalue weighted by Crippen LogP contribution is -2.41. The van der Waals surface area contributed by atoms with Crippen LogP contribution in [0, 0.1) is 13.8 Å². The first-order valence-corrected chi connectivity index (χ1v) is 9.20. The SMILES string of the molecule is CC[C@H]1c2cccn2CCN1C(=O)CCc1c(C)nc2ncnn2c1C. The predicted molar refractivity (Wildman–Crippen MR) is 97.8 cm³/mol. The molecular weight excluding hydrogens is 328 g/mol. The smallest absolute Gasteiger partial charge is 0.252 e. The van der Waals surface area contributed by atoms with Gasteiger partial charge in [-0.15, -0.1) is 0 Å². The highest BCUT2D eigenvalue weighted by Gasteiger charge is 2.29. The fourth-order valence-electron chi connectivity index (χ4n) is 4.09. The molecule has 0 fully saturated rings. The zero-order chi connectivity index (χ0) is 18.3. The molecule has 0 spiro atoms. The fraction of sp³-hybridized carbons (Fsp3) is 0.474. The van der Waals surface area contributed by atoms with Crippen LogP contribution in [-0.2, 0) is 17.8 Å². The van der Waals surface area contributed by atoms with E-state index < -0.39 is 0 Å². The molecule has 3 aromatic rings. The first kappa shape index (κ1) is 16.8. The quantitative estimate of drug-likeness (QED) is 0.723. The van der Waals surface area contributed by atoms with E-state index in [0.717, 1.165) is 36.5 Å². The molecule has 26 heavy (non-hydrogen) atoms. The Labute approximate surface area is 152 Å². The van der Waals surface area contributed by atoms with E-state index in [0.29, 0.717) is 18.6 Å². The number of nitrogens with zero attached hydrogens (tertiary/aromatic N) is 6. The lowest BCUT2D eigenvalue weighted by molar-refractivity contribution is -0.134. The minimum Gasteiger partial charge on any atom is -0.348 e. The van der Waals surface area contributed by atoms with Crippen LogP contribution in [0.2, 0.25) is 0 Å². The van der Waals surface area contributed by atoms with Crippen LogP contribution in [0.1, 0.15) is 48.5 Å². The van der Waals surface area contributed by atoms with Crippen LogP contribution in [0.5, 0.6) is 0 Å². The first-order valence-electron chi connectivity index (χ1n) is 9.20. The third-order valence-corrected chi connectivity index (χ3v) is 5.45. The summed E-state index contributed by atoms with van der Waals surface area (Å²) in [5, 5.41) is 4.23. The minimum absolute atomic E-state index is 0.171. The van der Waals surface area contributed by atoms with Crippen LogP contribution in [0.3, 0.4) is 0 Å². The van der Waals surface area contributed by atoms with Crippen molar-refractivity contribution in [2.24, 2.45) is 0 Å². The number of amides is 1. The molecular formula is C19H24N6O. The van der Waals surface area contributed by atoms with Gasteiger partial charge in [0.15, 0.2) is 0 Å². The molecule has 4 heterocycles. The Morgan fingerprint density at radius 1 is 1.31 bits per heavy atom. The standard InChI is InChI=1S/C19H24N6O/c1-4-16-17-6-5-9-23(17)10-11-24(16)18(26)8-7-15-13(2)22-19-20-12-21-25(19)14(15)3/h5-6,9,12,16H,4,7-8,10-11H2,1-3H3/t16-/m0/s1. The average Bonchev–Trinajstić information content (AvgIpc) is 3.29. The topological polar surface area (TPSA) is 68.3 Å². The van der Waals surface area contributed by atoms with E-state index in [-0.39, 0.29) is 11.9 Å². The van der Waals surface area contributed by atoms with Gasteiger partial charge in [0.1, 0.15) is 6.33 Å². The second-order valence-electron chi connectivity index (χ2n) is 6.87. The Morgan fingerprint density at radius 3 is 2.96 bits per heavy atom. The van der Waals surface area contributed by atoms with Crippen molar-refractivity contribution in [2.45, 2.75) is 52.6 Å². The van der Waals surface area contributed by atoms with Gasteiger partial charge in [-0.3, -0.25) is 4.79 Å². The van der Waals surface area contributed by atoms with Crippen molar-refractivity contribution in [3.8, 4) is 0 Å². The van der Waals surface area contributed by atoms with Gasteiger partial charge in [-0.1, -0.05) is 6.92 Å². The number of rotatable bonds is 4. The number of carbonyl (C=O) groups is 1. The largest absolute Gasteiger partial charge is 0.348 e. The van der Waals surface area contributed by atoms with Crippen molar-refractivity contribution in [1.82, 2.24) is 29.0 Å². The number of hydrogen-bond acceptors (Lipinski definition) is 4. The molecule has 1 aliphatic rings. The summed E-state index contributed by atoms with van der Waals surface area (Å²) in [6.07, 6.45) is 5.71. The van der Waals surface area contributed by atoms with E-state index >= 15 is 0 Å².